The highest BCUT2D eigenvalue weighted by Crippen LogP contribution is 2.17. The van der Waals surface area contributed by atoms with Gasteiger partial charge in [-0.05, 0) is 25.2 Å². The first-order valence-corrected chi connectivity index (χ1v) is 8.62. The molecule has 0 spiro atoms. The second-order valence-electron chi connectivity index (χ2n) is 5.15. The zero-order valence-electron chi connectivity index (χ0n) is 12.0. The predicted molar refractivity (Wildman–Crippen MR) is 75.8 cm³/mol. The van der Waals surface area contributed by atoms with E-state index in [9.17, 15) is 18.0 Å². The van der Waals surface area contributed by atoms with E-state index in [0.717, 1.165) is 0 Å². The van der Waals surface area contributed by atoms with Gasteiger partial charge in [0.2, 0.25) is 0 Å². The molecule has 0 aliphatic carbocycles. The van der Waals surface area contributed by atoms with Crippen LogP contribution in [0.1, 0.15) is 19.3 Å². The minimum Gasteiger partial charge on any atom is -0.480 e. The Labute approximate surface area is 124 Å². The van der Waals surface area contributed by atoms with Crippen molar-refractivity contribution in [2.75, 3.05) is 31.8 Å². The summed E-state index contributed by atoms with van der Waals surface area (Å²) in [6.07, 6.45) is 1.32. The Morgan fingerprint density at radius 1 is 1.43 bits per heavy atom. The van der Waals surface area contributed by atoms with E-state index in [-0.39, 0.29) is 30.4 Å². The number of hydrogen-bond donors (Lipinski definition) is 3. The second kappa shape index (κ2) is 8.18. The lowest BCUT2D eigenvalue weighted by Crippen LogP contribution is -2.47. The molecule has 8 nitrogen and oxygen atoms in total. The van der Waals surface area contributed by atoms with Crippen LogP contribution in [0.3, 0.4) is 0 Å². The second-order valence-corrected chi connectivity index (χ2v) is 7.38. The van der Waals surface area contributed by atoms with Crippen molar-refractivity contribution in [3.05, 3.63) is 0 Å². The molecule has 2 unspecified atom stereocenters. The fraction of sp³-hybridized carbons (Fsp3) is 0.833. The SMILES string of the molecule is COCCCC(NC(=O)NCC1CCS(=O)(=O)C1)C(=O)O. The summed E-state index contributed by atoms with van der Waals surface area (Å²) in [6.45, 7) is 0.655. The quantitative estimate of drug-likeness (QED) is 0.523. The van der Waals surface area contributed by atoms with Gasteiger partial charge in [0.25, 0.3) is 0 Å². The first kappa shape index (κ1) is 17.7. The van der Waals surface area contributed by atoms with Gasteiger partial charge in [0.1, 0.15) is 6.04 Å². The fourth-order valence-electron chi connectivity index (χ4n) is 2.17. The van der Waals surface area contributed by atoms with Gasteiger partial charge in [0.15, 0.2) is 9.84 Å². The molecule has 1 rings (SSSR count). The van der Waals surface area contributed by atoms with Crippen molar-refractivity contribution in [2.24, 2.45) is 5.92 Å². The molecule has 0 radical (unpaired) electrons. The maximum Gasteiger partial charge on any atom is 0.326 e. The van der Waals surface area contributed by atoms with Crippen molar-refractivity contribution in [1.82, 2.24) is 10.6 Å². The Bertz CT molecular complexity index is 464. The van der Waals surface area contributed by atoms with Crippen LogP contribution in [0.2, 0.25) is 0 Å². The zero-order valence-corrected chi connectivity index (χ0v) is 12.8. The molecule has 0 saturated carbocycles. The number of rotatable bonds is 8. The molecule has 1 saturated heterocycles. The van der Waals surface area contributed by atoms with Crippen LogP contribution in [-0.2, 0) is 19.4 Å². The van der Waals surface area contributed by atoms with Crippen molar-refractivity contribution >= 4 is 21.8 Å². The van der Waals surface area contributed by atoms with Crippen molar-refractivity contribution in [1.29, 1.82) is 0 Å². The molecule has 21 heavy (non-hydrogen) atoms. The van der Waals surface area contributed by atoms with Crippen molar-refractivity contribution in [3.63, 3.8) is 0 Å². The van der Waals surface area contributed by atoms with Crippen molar-refractivity contribution in [2.45, 2.75) is 25.3 Å². The summed E-state index contributed by atoms with van der Waals surface area (Å²) in [6, 6.07) is -1.57. The number of carbonyl (C=O) groups excluding carboxylic acids is 1. The standard InChI is InChI=1S/C12H22N2O6S/c1-20-5-2-3-10(11(15)16)14-12(17)13-7-9-4-6-21(18,19)8-9/h9-10H,2-8H2,1H3,(H,15,16)(H2,13,14,17). The van der Waals surface area contributed by atoms with E-state index >= 15 is 0 Å². The maximum absolute atomic E-state index is 11.6. The number of aliphatic carboxylic acids is 1. The average molecular weight is 322 g/mol. The van der Waals surface area contributed by atoms with E-state index in [0.29, 0.717) is 19.4 Å². The summed E-state index contributed by atoms with van der Waals surface area (Å²) >= 11 is 0. The van der Waals surface area contributed by atoms with Gasteiger partial charge < -0.3 is 20.5 Å². The molecule has 1 heterocycles. The van der Waals surface area contributed by atoms with Crippen LogP contribution in [0.25, 0.3) is 0 Å². The van der Waals surface area contributed by atoms with Crippen LogP contribution >= 0.6 is 0 Å². The summed E-state index contributed by atoms with van der Waals surface area (Å²) in [7, 11) is -1.46. The third kappa shape index (κ3) is 6.76. The number of carboxylic acid groups (broad SMARTS) is 1. The zero-order chi connectivity index (χ0) is 15.9. The van der Waals surface area contributed by atoms with Crippen molar-refractivity contribution < 1.29 is 27.9 Å². The highest BCUT2D eigenvalue weighted by atomic mass is 32.2. The summed E-state index contributed by atoms with van der Waals surface area (Å²) in [5.74, 6) is -0.985. The van der Waals surface area contributed by atoms with Gasteiger partial charge in [-0.25, -0.2) is 18.0 Å². The van der Waals surface area contributed by atoms with Crippen LogP contribution in [0.4, 0.5) is 4.79 Å². The molecule has 2 atom stereocenters. The summed E-state index contributed by atoms with van der Waals surface area (Å²) < 4.78 is 27.4. The first-order chi connectivity index (χ1) is 9.84. The number of amides is 2. The molecule has 2 amide bonds. The van der Waals surface area contributed by atoms with E-state index in [1.165, 1.54) is 7.11 Å². The van der Waals surface area contributed by atoms with Gasteiger partial charge >= 0.3 is 12.0 Å². The van der Waals surface area contributed by atoms with Crippen LogP contribution in [0.5, 0.6) is 0 Å². The number of carbonyl (C=O) groups is 2. The van der Waals surface area contributed by atoms with Crippen LogP contribution < -0.4 is 10.6 Å². The van der Waals surface area contributed by atoms with Crippen LogP contribution in [0, 0.1) is 5.92 Å². The molecular weight excluding hydrogens is 300 g/mol. The van der Waals surface area contributed by atoms with Gasteiger partial charge in [-0.3, -0.25) is 0 Å². The summed E-state index contributed by atoms with van der Waals surface area (Å²) in [5.41, 5.74) is 0. The Kier molecular flexibility index (Phi) is 6.90. The number of methoxy groups -OCH3 is 1. The fourth-order valence-corrected chi connectivity index (χ4v) is 4.03. The predicted octanol–water partition coefficient (Wildman–Crippen LogP) is -0.400. The van der Waals surface area contributed by atoms with Crippen molar-refractivity contribution in [3.8, 4) is 0 Å². The van der Waals surface area contributed by atoms with Crippen LogP contribution in [0.15, 0.2) is 0 Å². The Morgan fingerprint density at radius 3 is 2.67 bits per heavy atom. The highest BCUT2D eigenvalue weighted by Gasteiger charge is 2.28. The van der Waals surface area contributed by atoms with Gasteiger partial charge in [-0.15, -0.1) is 0 Å². The molecule has 0 aromatic rings. The van der Waals surface area contributed by atoms with Crippen LogP contribution in [-0.4, -0.2) is 63.3 Å². The summed E-state index contributed by atoms with van der Waals surface area (Å²) in [4.78, 5) is 22.7. The normalized spacial score (nSPS) is 21.7. The first-order valence-electron chi connectivity index (χ1n) is 6.80. The maximum atomic E-state index is 11.6. The van der Waals surface area contributed by atoms with E-state index in [1.54, 1.807) is 0 Å². The number of nitrogens with one attached hydrogen (secondary N) is 2. The van der Waals surface area contributed by atoms with E-state index in [2.05, 4.69) is 10.6 Å². The largest absolute Gasteiger partial charge is 0.480 e. The Morgan fingerprint density at radius 2 is 2.14 bits per heavy atom. The molecule has 9 heteroatoms. The number of hydrogen-bond acceptors (Lipinski definition) is 5. The monoisotopic (exact) mass is 322 g/mol. The third-order valence-corrected chi connectivity index (χ3v) is 5.16. The molecule has 1 aliphatic heterocycles. The van der Waals surface area contributed by atoms with E-state index in [4.69, 9.17) is 9.84 Å². The topological polar surface area (TPSA) is 122 Å². The molecule has 122 valence electrons. The summed E-state index contributed by atoms with van der Waals surface area (Å²) in [5, 5.41) is 13.9. The smallest absolute Gasteiger partial charge is 0.326 e. The number of ether oxygens (including phenoxy) is 1. The van der Waals surface area contributed by atoms with Gasteiger partial charge in [-0.1, -0.05) is 0 Å². The molecule has 0 aromatic heterocycles. The van der Waals surface area contributed by atoms with E-state index < -0.39 is 27.9 Å². The Hall–Kier alpha value is -1.35. The molecule has 0 aromatic carbocycles. The lowest BCUT2D eigenvalue weighted by Gasteiger charge is -2.16. The molecule has 0 bridgehead atoms. The lowest BCUT2D eigenvalue weighted by atomic mass is 10.1. The third-order valence-electron chi connectivity index (χ3n) is 3.32. The minimum atomic E-state index is -2.97. The number of urea groups is 1. The van der Waals surface area contributed by atoms with Gasteiger partial charge in [-0.2, -0.15) is 0 Å². The average Bonchev–Trinajstić information content (AvgIpc) is 2.75. The molecule has 3 N–H and O–H groups in total. The lowest BCUT2D eigenvalue weighted by molar-refractivity contribution is -0.139. The number of carboxylic acids is 1. The van der Waals surface area contributed by atoms with Gasteiger partial charge in [0.05, 0.1) is 11.5 Å². The molecular formula is C12H22N2O6S. The molecule has 1 aliphatic rings. The highest BCUT2D eigenvalue weighted by molar-refractivity contribution is 7.91. The minimum absolute atomic E-state index is 0.0729. The number of sulfone groups is 1. The molecule has 1 fully saturated rings. The van der Waals surface area contributed by atoms with E-state index in [1.807, 2.05) is 0 Å². The Balaban J connectivity index is 2.31. The van der Waals surface area contributed by atoms with Gasteiger partial charge in [0, 0.05) is 20.3 Å².